The zero-order chi connectivity index (χ0) is 16.4. The van der Waals surface area contributed by atoms with Crippen LogP contribution in [-0.2, 0) is 16.0 Å². The minimum atomic E-state index is -0.265. The van der Waals surface area contributed by atoms with Gasteiger partial charge < -0.3 is 15.0 Å². The first kappa shape index (κ1) is 15.6. The maximum Gasteiger partial charge on any atom is 0.244 e. The molecule has 2 aromatic rings. The number of carbonyl (C=O) groups excluding carboxylic acids is 2. The van der Waals surface area contributed by atoms with Gasteiger partial charge in [0.15, 0.2) is 0 Å². The zero-order valence-corrected chi connectivity index (χ0v) is 14.1. The molecule has 0 aliphatic carbocycles. The van der Waals surface area contributed by atoms with Crippen molar-refractivity contribution in [1.82, 2.24) is 0 Å². The topological polar surface area (TPSA) is 58.6 Å². The van der Waals surface area contributed by atoms with E-state index in [-0.39, 0.29) is 18.4 Å². The van der Waals surface area contributed by atoms with Crippen LogP contribution in [0.2, 0.25) is 0 Å². The highest BCUT2D eigenvalue weighted by Gasteiger charge is 2.29. The van der Waals surface area contributed by atoms with Crippen molar-refractivity contribution in [3.63, 3.8) is 0 Å². The van der Waals surface area contributed by atoms with E-state index < -0.39 is 0 Å². The van der Waals surface area contributed by atoms with E-state index in [2.05, 4.69) is 21.2 Å². The van der Waals surface area contributed by atoms with Crippen molar-refractivity contribution in [1.29, 1.82) is 0 Å². The number of nitrogens with zero attached hydrogens (tertiary/aromatic N) is 1. The van der Waals surface area contributed by atoms with Crippen LogP contribution in [0.5, 0.6) is 5.75 Å². The summed E-state index contributed by atoms with van der Waals surface area (Å²) in [7, 11) is 1.54. The van der Waals surface area contributed by atoms with Gasteiger partial charge in [0.05, 0.1) is 19.2 Å². The van der Waals surface area contributed by atoms with Crippen molar-refractivity contribution < 1.29 is 14.3 Å². The first-order valence-electron chi connectivity index (χ1n) is 7.10. The molecule has 1 heterocycles. The third-order valence-electron chi connectivity index (χ3n) is 3.66. The number of amides is 2. The zero-order valence-electron chi connectivity index (χ0n) is 12.5. The Bertz CT molecular complexity index is 776. The molecule has 0 fully saturated rings. The molecule has 1 aliphatic heterocycles. The number of benzene rings is 2. The Hall–Kier alpha value is -2.34. The van der Waals surface area contributed by atoms with E-state index in [1.165, 1.54) is 4.90 Å². The van der Waals surface area contributed by atoms with E-state index in [1.807, 2.05) is 30.3 Å². The monoisotopic (exact) mass is 374 g/mol. The van der Waals surface area contributed by atoms with E-state index in [9.17, 15) is 9.59 Å². The molecule has 0 spiro atoms. The molecular weight excluding hydrogens is 360 g/mol. The molecule has 0 bridgehead atoms. The van der Waals surface area contributed by atoms with Gasteiger partial charge in [0.25, 0.3) is 0 Å². The third kappa shape index (κ3) is 3.22. The van der Waals surface area contributed by atoms with E-state index in [0.717, 1.165) is 15.7 Å². The summed E-state index contributed by atoms with van der Waals surface area (Å²) in [5.41, 5.74) is 2.30. The van der Waals surface area contributed by atoms with Gasteiger partial charge in [-0.25, -0.2) is 0 Å². The summed E-state index contributed by atoms with van der Waals surface area (Å²) < 4.78 is 6.13. The minimum absolute atomic E-state index is 0.0223. The van der Waals surface area contributed by atoms with E-state index >= 15 is 0 Å². The highest BCUT2D eigenvalue weighted by Crippen LogP contribution is 2.31. The van der Waals surface area contributed by atoms with Crippen molar-refractivity contribution in [2.24, 2.45) is 0 Å². The summed E-state index contributed by atoms with van der Waals surface area (Å²) in [6, 6.07) is 12.8. The SMILES string of the molecule is COc1ccccc1NC(=O)CN1C(=O)Cc2cc(Br)ccc21. The highest BCUT2D eigenvalue weighted by molar-refractivity contribution is 9.10. The van der Waals surface area contributed by atoms with Crippen molar-refractivity contribution >= 4 is 39.1 Å². The predicted octanol–water partition coefficient (Wildman–Crippen LogP) is 2.99. The number of ether oxygens (including phenoxy) is 1. The van der Waals surface area contributed by atoms with Gasteiger partial charge in [0.2, 0.25) is 11.8 Å². The molecule has 0 atom stereocenters. The number of methoxy groups -OCH3 is 1. The van der Waals surface area contributed by atoms with Crippen LogP contribution in [0.15, 0.2) is 46.9 Å². The summed E-state index contributed by atoms with van der Waals surface area (Å²) in [6.45, 7) is -0.0223. The van der Waals surface area contributed by atoms with Crippen molar-refractivity contribution in [3.05, 3.63) is 52.5 Å². The first-order valence-corrected chi connectivity index (χ1v) is 7.89. The summed E-state index contributed by atoms with van der Waals surface area (Å²) in [5.74, 6) is 0.241. The number of para-hydroxylation sites is 2. The average molecular weight is 375 g/mol. The summed E-state index contributed by atoms with van der Waals surface area (Å²) in [6.07, 6.45) is 0.316. The molecule has 2 amide bonds. The molecule has 118 valence electrons. The van der Waals surface area contributed by atoms with Crippen LogP contribution in [-0.4, -0.2) is 25.5 Å². The molecule has 5 nitrogen and oxygen atoms in total. The highest BCUT2D eigenvalue weighted by atomic mass is 79.9. The number of fused-ring (bicyclic) bond motifs is 1. The Kier molecular flexibility index (Phi) is 4.34. The second-order valence-electron chi connectivity index (χ2n) is 5.18. The van der Waals surface area contributed by atoms with Gasteiger partial charge in [0, 0.05) is 10.2 Å². The largest absolute Gasteiger partial charge is 0.495 e. The quantitative estimate of drug-likeness (QED) is 0.894. The summed E-state index contributed by atoms with van der Waals surface area (Å²) >= 11 is 3.39. The molecule has 0 radical (unpaired) electrons. The van der Waals surface area contributed by atoms with Crippen LogP contribution >= 0.6 is 15.9 Å². The van der Waals surface area contributed by atoms with Crippen molar-refractivity contribution in [2.45, 2.75) is 6.42 Å². The lowest BCUT2D eigenvalue weighted by atomic mass is 10.2. The van der Waals surface area contributed by atoms with Gasteiger partial charge in [-0.05, 0) is 35.9 Å². The van der Waals surface area contributed by atoms with Gasteiger partial charge in [-0.15, -0.1) is 0 Å². The maximum atomic E-state index is 12.3. The molecule has 0 unspecified atom stereocenters. The summed E-state index contributed by atoms with van der Waals surface area (Å²) in [4.78, 5) is 26.0. The smallest absolute Gasteiger partial charge is 0.244 e. The van der Waals surface area contributed by atoms with Gasteiger partial charge >= 0.3 is 0 Å². The van der Waals surface area contributed by atoms with E-state index in [0.29, 0.717) is 17.9 Å². The molecule has 0 saturated carbocycles. The minimum Gasteiger partial charge on any atom is -0.495 e. The fraction of sp³-hybridized carbons (Fsp3) is 0.176. The van der Waals surface area contributed by atoms with Gasteiger partial charge in [-0.1, -0.05) is 28.1 Å². The Balaban J connectivity index is 1.75. The number of hydrogen-bond donors (Lipinski definition) is 1. The second kappa shape index (κ2) is 6.42. The molecule has 0 aromatic heterocycles. The first-order chi connectivity index (χ1) is 11.1. The lowest BCUT2D eigenvalue weighted by molar-refractivity contribution is -0.120. The van der Waals surface area contributed by atoms with Crippen molar-refractivity contribution in [3.8, 4) is 5.75 Å². The van der Waals surface area contributed by atoms with E-state index in [4.69, 9.17) is 4.74 Å². The Labute approximate surface area is 142 Å². The number of anilines is 2. The van der Waals surface area contributed by atoms with Crippen LogP contribution in [0.25, 0.3) is 0 Å². The van der Waals surface area contributed by atoms with Crippen LogP contribution in [0.1, 0.15) is 5.56 Å². The molecule has 23 heavy (non-hydrogen) atoms. The van der Waals surface area contributed by atoms with Crippen LogP contribution in [0.4, 0.5) is 11.4 Å². The Morgan fingerprint density at radius 1 is 1.30 bits per heavy atom. The van der Waals surface area contributed by atoms with Gasteiger partial charge in [-0.3, -0.25) is 9.59 Å². The molecule has 6 heteroatoms. The number of halogens is 1. The van der Waals surface area contributed by atoms with E-state index in [1.54, 1.807) is 19.2 Å². The number of hydrogen-bond acceptors (Lipinski definition) is 3. The van der Waals surface area contributed by atoms with Crippen LogP contribution < -0.4 is 15.0 Å². The molecule has 1 N–H and O–H groups in total. The molecule has 2 aromatic carbocycles. The predicted molar refractivity (Wildman–Crippen MR) is 91.8 cm³/mol. The molecule has 0 saturated heterocycles. The molecular formula is C17H15BrN2O3. The third-order valence-corrected chi connectivity index (χ3v) is 4.15. The van der Waals surface area contributed by atoms with Crippen LogP contribution in [0.3, 0.4) is 0 Å². The Morgan fingerprint density at radius 3 is 2.87 bits per heavy atom. The molecule has 3 rings (SSSR count). The fourth-order valence-corrected chi connectivity index (χ4v) is 3.01. The second-order valence-corrected chi connectivity index (χ2v) is 6.09. The number of carbonyl (C=O) groups is 2. The lowest BCUT2D eigenvalue weighted by Gasteiger charge is -2.17. The molecule has 1 aliphatic rings. The normalized spacial score (nSPS) is 13.0. The van der Waals surface area contributed by atoms with Crippen molar-refractivity contribution in [2.75, 3.05) is 23.9 Å². The summed E-state index contributed by atoms with van der Waals surface area (Å²) in [5, 5.41) is 2.78. The maximum absolute atomic E-state index is 12.3. The lowest BCUT2D eigenvalue weighted by Crippen LogP contribution is -2.35. The van der Waals surface area contributed by atoms with Gasteiger partial charge in [-0.2, -0.15) is 0 Å². The number of nitrogens with one attached hydrogen (secondary N) is 1. The fourth-order valence-electron chi connectivity index (χ4n) is 2.61. The Morgan fingerprint density at radius 2 is 2.09 bits per heavy atom. The van der Waals surface area contributed by atoms with Crippen LogP contribution in [0, 0.1) is 0 Å². The van der Waals surface area contributed by atoms with Gasteiger partial charge in [0.1, 0.15) is 12.3 Å². The average Bonchev–Trinajstić information content (AvgIpc) is 2.82. The number of rotatable bonds is 4. The standard InChI is InChI=1S/C17H15BrN2O3/c1-23-15-5-3-2-4-13(15)19-16(21)10-20-14-7-6-12(18)8-11(14)9-17(20)22/h2-8H,9-10H2,1H3,(H,19,21).